The molecule has 0 saturated carbocycles. The van der Waals surface area contributed by atoms with Crippen LogP contribution in [0, 0.1) is 26.4 Å². The molecule has 0 aliphatic heterocycles. The lowest BCUT2D eigenvalue weighted by Gasteiger charge is -2.20. The largest absolute Gasteiger partial charge is 0.395 e. The molecule has 166 valence electrons. The summed E-state index contributed by atoms with van der Waals surface area (Å²) in [6.07, 6.45) is 0.847. The third kappa shape index (κ3) is 5.87. The molecule has 0 aromatic heterocycles. The monoisotopic (exact) mass is 548 g/mol. The number of primary amides is 1. The summed E-state index contributed by atoms with van der Waals surface area (Å²) in [6.45, 7) is 3.08. The van der Waals surface area contributed by atoms with Crippen LogP contribution in [0.2, 0.25) is 0 Å². The summed E-state index contributed by atoms with van der Waals surface area (Å²) >= 11 is 1.89. The smallest absolute Gasteiger partial charge is 0.250 e. The highest BCUT2D eigenvalue weighted by molar-refractivity contribution is 14.1. The summed E-state index contributed by atoms with van der Waals surface area (Å²) in [7, 11) is 1.47. The summed E-state index contributed by atoms with van der Waals surface area (Å²) in [5.41, 5.74) is 2.77. The molecule has 2 amide bonds. The highest BCUT2D eigenvalue weighted by Gasteiger charge is 2.28. The van der Waals surface area contributed by atoms with Gasteiger partial charge in [-0.05, 0) is 60.7 Å². The van der Waals surface area contributed by atoms with Gasteiger partial charge in [0.1, 0.15) is 12.4 Å². The number of anilines is 2. The molecule has 31 heavy (non-hydrogen) atoms. The number of oxime groups is 1. The Morgan fingerprint density at radius 2 is 1.90 bits per heavy atom. The molecule has 0 atom stereocenters. The molecular formula is C20H20F3IN4O3. The number of hydrogen-bond donors (Lipinski definition) is 3. The highest BCUT2D eigenvalue weighted by Crippen LogP contribution is 2.30. The average Bonchev–Trinajstić information content (AvgIpc) is 2.70. The summed E-state index contributed by atoms with van der Waals surface area (Å²) in [4.78, 5) is 28.5. The Labute approximate surface area is 190 Å². The van der Waals surface area contributed by atoms with E-state index in [4.69, 9.17) is 10.6 Å². The van der Waals surface area contributed by atoms with Gasteiger partial charge in [0, 0.05) is 16.2 Å². The molecular weight excluding hydrogens is 528 g/mol. The molecule has 0 saturated heterocycles. The van der Waals surface area contributed by atoms with Gasteiger partial charge in [-0.25, -0.2) is 13.2 Å². The first kappa shape index (κ1) is 24.4. The maximum atomic E-state index is 14.7. The van der Waals surface area contributed by atoms with Crippen LogP contribution in [0.5, 0.6) is 0 Å². The van der Waals surface area contributed by atoms with Gasteiger partial charge in [-0.2, -0.15) is 0 Å². The number of benzene rings is 2. The molecule has 2 aromatic rings. The van der Waals surface area contributed by atoms with Crippen LogP contribution in [0.25, 0.3) is 0 Å². The Balaban J connectivity index is 2.33. The zero-order valence-corrected chi connectivity index (χ0v) is 19.0. The first-order valence-electron chi connectivity index (χ1n) is 8.89. The summed E-state index contributed by atoms with van der Waals surface area (Å²) in [6, 6.07) is 5.00. The maximum Gasteiger partial charge on any atom is 0.250 e. The third-order valence-corrected chi connectivity index (χ3v) is 4.90. The minimum absolute atomic E-state index is 0.137. The first-order chi connectivity index (χ1) is 14.5. The van der Waals surface area contributed by atoms with Crippen LogP contribution >= 0.6 is 22.6 Å². The van der Waals surface area contributed by atoms with Crippen LogP contribution in [0.4, 0.5) is 24.5 Å². The van der Waals surface area contributed by atoms with E-state index >= 15 is 0 Å². The Kier molecular flexibility index (Phi) is 7.87. The minimum Gasteiger partial charge on any atom is -0.395 e. The zero-order valence-electron chi connectivity index (χ0n) is 16.9. The number of halogens is 4. The molecule has 0 radical (unpaired) electrons. The van der Waals surface area contributed by atoms with Crippen molar-refractivity contribution in [1.29, 1.82) is 0 Å². The predicted molar refractivity (Wildman–Crippen MR) is 119 cm³/mol. The average molecular weight is 548 g/mol. The fourth-order valence-electron chi connectivity index (χ4n) is 2.48. The van der Waals surface area contributed by atoms with E-state index in [1.54, 1.807) is 19.9 Å². The molecule has 2 aromatic carbocycles. The normalized spacial score (nSPS) is 11.5. The number of carbonyl (C=O) groups is 2. The van der Waals surface area contributed by atoms with Gasteiger partial charge in [-0.3, -0.25) is 9.59 Å². The second-order valence-corrected chi connectivity index (χ2v) is 8.35. The van der Waals surface area contributed by atoms with Crippen molar-refractivity contribution in [3.63, 3.8) is 0 Å². The highest BCUT2D eigenvalue weighted by atomic mass is 127. The molecule has 11 heteroatoms. The van der Waals surface area contributed by atoms with E-state index < -0.39 is 45.6 Å². The van der Waals surface area contributed by atoms with Crippen molar-refractivity contribution < 1.29 is 27.6 Å². The zero-order chi connectivity index (χ0) is 23.3. The van der Waals surface area contributed by atoms with Crippen LogP contribution < -0.4 is 16.4 Å². The predicted octanol–water partition coefficient (Wildman–Crippen LogP) is 3.67. The van der Waals surface area contributed by atoms with E-state index in [1.807, 2.05) is 22.6 Å². The van der Waals surface area contributed by atoms with E-state index in [0.717, 1.165) is 12.3 Å². The Hall–Kier alpha value is -2.83. The van der Waals surface area contributed by atoms with Gasteiger partial charge in [0.15, 0.2) is 11.6 Å². The van der Waals surface area contributed by atoms with Crippen molar-refractivity contribution in [3.8, 4) is 0 Å². The quantitative estimate of drug-likeness (QED) is 0.266. The summed E-state index contributed by atoms with van der Waals surface area (Å²) in [5, 5.41) is 8.38. The number of carbonyl (C=O) groups excluding carboxylic acids is 2. The topological polar surface area (TPSA) is 106 Å². The fraction of sp³-hybridized carbons (Fsp3) is 0.250. The van der Waals surface area contributed by atoms with Gasteiger partial charge in [-0.15, -0.1) is 0 Å². The van der Waals surface area contributed by atoms with Gasteiger partial charge in [0.05, 0.1) is 28.6 Å². The second kappa shape index (κ2) is 9.98. The fourth-order valence-corrected chi connectivity index (χ4v) is 2.93. The SMILES string of the molecule is CNC(=O)C(C)(C)CO/N=C/c1cc(C(N)=O)c(Nc2ccc(I)cc2F)c(F)c1F. The van der Waals surface area contributed by atoms with Crippen molar-refractivity contribution in [2.24, 2.45) is 16.3 Å². The number of rotatable bonds is 8. The molecule has 4 N–H and O–H groups in total. The summed E-state index contributed by atoms with van der Waals surface area (Å²) < 4.78 is 43.9. The van der Waals surface area contributed by atoms with E-state index in [-0.39, 0.29) is 18.2 Å². The van der Waals surface area contributed by atoms with Crippen LogP contribution in [-0.2, 0) is 9.63 Å². The molecule has 0 unspecified atom stereocenters. The van der Waals surface area contributed by atoms with Crippen LogP contribution in [-0.4, -0.2) is 31.7 Å². The molecule has 0 aliphatic rings. The number of amides is 2. The van der Waals surface area contributed by atoms with Gasteiger partial charge >= 0.3 is 0 Å². The lowest BCUT2D eigenvalue weighted by molar-refractivity contribution is -0.132. The standard InChI is InChI=1S/C20H20F3IN4O3/c1-20(2,19(30)26-3)9-31-27-8-10-6-12(18(25)29)17(16(23)15(10)22)28-14-5-4-11(24)7-13(14)21/h4-8,28H,9H2,1-3H3,(H2,25,29)(H,26,30)/b27-8+. The summed E-state index contributed by atoms with van der Waals surface area (Å²) in [5.74, 6) is -4.88. The maximum absolute atomic E-state index is 14.7. The Morgan fingerprint density at radius 1 is 1.23 bits per heavy atom. The molecule has 7 nitrogen and oxygen atoms in total. The van der Waals surface area contributed by atoms with Crippen molar-refractivity contribution in [2.75, 3.05) is 19.0 Å². The first-order valence-corrected chi connectivity index (χ1v) is 9.97. The number of nitrogens with one attached hydrogen (secondary N) is 2. The van der Waals surface area contributed by atoms with Crippen molar-refractivity contribution >= 4 is 52.0 Å². The van der Waals surface area contributed by atoms with E-state index in [2.05, 4.69) is 15.8 Å². The van der Waals surface area contributed by atoms with Crippen LogP contribution in [0.1, 0.15) is 29.8 Å². The van der Waals surface area contributed by atoms with Gasteiger partial charge in [-0.1, -0.05) is 5.16 Å². The molecule has 0 fully saturated rings. The van der Waals surface area contributed by atoms with E-state index in [0.29, 0.717) is 3.57 Å². The second-order valence-electron chi connectivity index (χ2n) is 7.10. The Bertz CT molecular complexity index is 1040. The van der Waals surface area contributed by atoms with E-state index in [9.17, 15) is 22.8 Å². The lowest BCUT2D eigenvalue weighted by Crippen LogP contribution is -2.37. The molecule has 2 rings (SSSR count). The van der Waals surface area contributed by atoms with Crippen molar-refractivity contribution in [1.82, 2.24) is 5.32 Å². The molecule has 0 bridgehead atoms. The third-order valence-electron chi connectivity index (χ3n) is 4.22. The molecule has 0 heterocycles. The number of nitrogens with zero attached hydrogens (tertiary/aromatic N) is 1. The minimum atomic E-state index is -1.44. The van der Waals surface area contributed by atoms with Crippen LogP contribution in [0.3, 0.4) is 0 Å². The lowest BCUT2D eigenvalue weighted by atomic mass is 9.94. The van der Waals surface area contributed by atoms with E-state index in [1.165, 1.54) is 19.2 Å². The van der Waals surface area contributed by atoms with Gasteiger partial charge < -0.3 is 21.2 Å². The molecule has 0 aliphatic carbocycles. The Morgan fingerprint density at radius 3 is 2.48 bits per heavy atom. The molecule has 0 spiro atoms. The van der Waals surface area contributed by atoms with Crippen LogP contribution in [0.15, 0.2) is 29.4 Å². The number of nitrogens with two attached hydrogens (primary N) is 1. The number of hydrogen-bond acceptors (Lipinski definition) is 5. The van der Waals surface area contributed by atoms with Gasteiger partial charge in [0.25, 0.3) is 5.91 Å². The van der Waals surface area contributed by atoms with Crippen molar-refractivity contribution in [3.05, 3.63) is 56.4 Å². The van der Waals surface area contributed by atoms with Crippen molar-refractivity contribution in [2.45, 2.75) is 13.8 Å². The van der Waals surface area contributed by atoms with Gasteiger partial charge in [0.2, 0.25) is 5.91 Å².